The maximum Gasteiger partial charge on any atom is 0.404 e. The quantitative estimate of drug-likeness (QED) is 0.614. The largest absolute Gasteiger partial charge is 0.446 e. The van der Waals surface area contributed by atoms with E-state index in [4.69, 9.17) is 21.2 Å². The van der Waals surface area contributed by atoms with Crippen LogP contribution in [0.3, 0.4) is 0 Å². The number of carbonyl (C=O) groups is 2. The van der Waals surface area contributed by atoms with Crippen LogP contribution in [0.4, 0.5) is 10.6 Å². The van der Waals surface area contributed by atoms with Crippen LogP contribution in [-0.4, -0.2) is 36.2 Å². The minimum absolute atomic E-state index is 0.209. The Bertz CT molecular complexity index is 1030. The highest BCUT2D eigenvalue weighted by molar-refractivity contribution is 8.00. The standard InChI is InChI=1S/C23H27N5O3S/c1-3-17-14(2)21(28-11-9-16(10-12-28)31-23(26)30)27-22(18(17)13-24)32-19(20(25)29)15-7-5-4-6-8-15/h4-8,16,19H,3,9-12H2,1-2H3,(H2,25,29)(H2,26,30). The Balaban J connectivity index is 1.97. The van der Waals surface area contributed by atoms with E-state index in [1.807, 2.05) is 44.2 Å². The molecule has 0 bridgehead atoms. The molecule has 0 aliphatic carbocycles. The fourth-order valence-corrected chi connectivity index (χ4v) is 5.08. The van der Waals surface area contributed by atoms with Crippen LogP contribution in [0.5, 0.6) is 0 Å². The summed E-state index contributed by atoms with van der Waals surface area (Å²) in [6, 6.07) is 11.5. The molecule has 1 aliphatic rings. The third kappa shape index (κ3) is 5.14. The second kappa shape index (κ2) is 10.4. The summed E-state index contributed by atoms with van der Waals surface area (Å²) in [5, 5.41) is 9.74. The molecular weight excluding hydrogens is 426 g/mol. The van der Waals surface area contributed by atoms with Crippen molar-refractivity contribution in [3.8, 4) is 6.07 Å². The van der Waals surface area contributed by atoms with Crippen LogP contribution in [0.2, 0.25) is 0 Å². The number of benzene rings is 1. The van der Waals surface area contributed by atoms with Crippen molar-refractivity contribution in [2.24, 2.45) is 11.5 Å². The summed E-state index contributed by atoms with van der Waals surface area (Å²) in [6.45, 7) is 5.24. The van der Waals surface area contributed by atoms with Crippen LogP contribution in [0.25, 0.3) is 0 Å². The number of hydrogen-bond donors (Lipinski definition) is 2. The lowest BCUT2D eigenvalue weighted by molar-refractivity contribution is -0.117. The first-order valence-corrected chi connectivity index (χ1v) is 11.4. The van der Waals surface area contributed by atoms with E-state index < -0.39 is 17.3 Å². The van der Waals surface area contributed by atoms with Gasteiger partial charge in [0.1, 0.15) is 28.3 Å². The zero-order valence-corrected chi connectivity index (χ0v) is 19.0. The molecule has 0 saturated carbocycles. The molecule has 168 valence electrons. The molecule has 9 heteroatoms. The highest BCUT2D eigenvalue weighted by Gasteiger charge is 2.28. The van der Waals surface area contributed by atoms with Crippen LogP contribution < -0.4 is 16.4 Å². The molecule has 2 amide bonds. The Labute approximate surface area is 191 Å². The first kappa shape index (κ1) is 23.4. The maximum atomic E-state index is 12.3. The van der Waals surface area contributed by atoms with Gasteiger partial charge in [0.15, 0.2) is 0 Å². The zero-order chi connectivity index (χ0) is 23.3. The van der Waals surface area contributed by atoms with Crippen molar-refractivity contribution in [1.29, 1.82) is 5.26 Å². The second-order valence-electron chi connectivity index (χ2n) is 7.62. The van der Waals surface area contributed by atoms with Gasteiger partial charge in [-0.15, -0.1) is 0 Å². The number of rotatable bonds is 7. The lowest BCUT2D eigenvalue weighted by atomic mass is 10.0. The van der Waals surface area contributed by atoms with Gasteiger partial charge in [-0.2, -0.15) is 5.26 Å². The van der Waals surface area contributed by atoms with E-state index >= 15 is 0 Å². The first-order chi connectivity index (χ1) is 15.3. The number of ether oxygens (including phenoxy) is 1. The monoisotopic (exact) mass is 453 g/mol. The molecule has 1 fully saturated rings. The van der Waals surface area contributed by atoms with Crippen molar-refractivity contribution in [1.82, 2.24) is 4.98 Å². The van der Waals surface area contributed by atoms with Gasteiger partial charge in [0.05, 0.1) is 5.56 Å². The van der Waals surface area contributed by atoms with E-state index in [1.54, 1.807) is 0 Å². The molecule has 1 aromatic heterocycles. The van der Waals surface area contributed by atoms with Crippen molar-refractivity contribution < 1.29 is 14.3 Å². The Morgan fingerprint density at radius 1 is 1.28 bits per heavy atom. The molecule has 4 N–H and O–H groups in total. The number of nitriles is 1. The SMILES string of the molecule is CCc1c(C)c(N2CCC(OC(N)=O)CC2)nc(SC(C(N)=O)c2ccccc2)c1C#N. The number of nitrogens with two attached hydrogens (primary N) is 2. The average Bonchev–Trinajstić information content (AvgIpc) is 2.78. The number of piperidine rings is 1. The topological polar surface area (TPSA) is 135 Å². The molecule has 1 atom stereocenters. The molecule has 1 aromatic carbocycles. The number of carbonyl (C=O) groups excluding carboxylic acids is 2. The molecule has 1 unspecified atom stereocenters. The van der Waals surface area contributed by atoms with E-state index in [0.29, 0.717) is 42.9 Å². The molecule has 32 heavy (non-hydrogen) atoms. The Kier molecular flexibility index (Phi) is 7.59. The molecular formula is C23H27N5O3S. The van der Waals surface area contributed by atoms with Crippen molar-refractivity contribution in [3.05, 3.63) is 52.6 Å². The molecule has 3 rings (SSSR count). The number of hydrogen-bond acceptors (Lipinski definition) is 7. The van der Waals surface area contributed by atoms with Crippen LogP contribution in [0.15, 0.2) is 35.4 Å². The fourth-order valence-electron chi connectivity index (χ4n) is 4.02. The molecule has 8 nitrogen and oxygen atoms in total. The smallest absolute Gasteiger partial charge is 0.404 e. The lowest BCUT2D eigenvalue weighted by Gasteiger charge is -2.34. The van der Waals surface area contributed by atoms with Crippen molar-refractivity contribution in [2.45, 2.75) is 49.5 Å². The second-order valence-corrected chi connectivity index (χ2v) is 8.71. The van der Waals surface area contributed by atoms with Crippen molar-refractivity contribution >= 4 is 29.6 Å². The Morgan fingerprint density at radius 2 is 1.94 bits per heavy atom. The molecule has 2 heterocycles. The number of aromatic nitrogens is 1. The predicted molar refractivity (Wildman–Crippen MR) is 123 cm³/mol. The first-order valence-electron chi connectivity index (χ1n) is 10.5. The zero-order valence-electron chi connectivity index (χ0n) is 18.2. The van der Waals surface area contributed by atoms with Crippen molar-refractivity contribution in [2.75, 3.05) is 18.0 Å². The van der Waals surface area contributed by atoms with E-state index in [1.165, 1.54) is 11.8 Å². The van der Waals surface area contributed by atoms with E-state index in [0.717, 1.165) is 22.5 Å². The van der Waals surface area contributed by atoms with Gasteiger partial charge in [-0.25, -0.2) is 9.78 Å². The van der Waals surface area contributed by atoms with Crippen LogP contribution in [0, 0.1) is 18.3 Å². The van der Waals surface area contributed by atoms with Gasteiger partial charge < -0.3 is 21.1 Å². The van der Waals surface area contributed by atoms with Gasteiger partial charge in [-0.1, -0.05) is 49.0 Å². The molecule has 1 saturated heterocycles. The summed E-state index contributed by atoms with van der Waals surface area (Å²) >= 11 is 1.21. The van der Waals surface area contributed by atoms with E-state index in [-0.39, 0.29) is 6.10 Å². The third-order valence-electron chi connectivity index (χ3n) is 5.59. The summed E-state index contributed by atoms with van der Waals surface area (Å²) in [7, 11) is 0. The Hall–Kier alpha value is -3.25. The van der Waals surface area contributed by atoms with Gasteiger partial charge in [0.25, 0.3) is 0 Å². The molecule has 0 radical (unpaired) electrons. The molecule has 0 spiro atoms. The van der Waals surface area contributed by atoms with Gasteiger partial charge >= 0.3 is 6.09 Å². The third-order valence-corrected chi connectivity index (χ3v) is 6.85. The number of anilines is 1. The summed E-state index contributed by atoms with van der Waals surface area (Å²) in [5.74, 6) is 0.286. The van der Waals surface area contributed by atoms with Gasteiger partial charge in [0.2, 0.25) is 5.91 Å². The number of nitrogens with zero attached hydrogens (tertiary/aromatic N) is 3. The summed E-state index contributed by atoms with van der Waals surface area (Å²) in [5.41, 5.74) is 14.0. The fraction of sp³-hybridized carbons (Fsp3) is 0.391. The molecule has 2 aromatic rings. The van der Waals surface area contributed by atoms with E-state index in [9.17, 15) is 14.9 Å². The summed E-state index contributed by atoms with van der Waals surface area (Å²) in [4.78, 5) is 30.3. The average molecular weight is 454 g/mol. The van der Waals surface area contributed by atoms with Gasteiger partial charge in [0, 0.05) is 25.9 Å². The summed E-state index contributed by atoms with van der Waals surface area (Å²) in [6.07, 6.45) is 0.968. The lowest BCUT2D eigenvalue weighted by Crippen LogP contribution is -2.39. The number of amides is 2. The normalized spacial score (nSPS) is 15.1. The van der Waals surface area contributed by atoms with E-state index in [2.05, 4.69) is 11.0 Å². The minimum Gasteiger partial charge on any atom is -0.446 e. The van der Waals surface area contributed by atoms with Crippen LogP contribution >= 0.6 is 11.8 Å². The maximum absolute atomic E-state index is 12.3. The van der Waals surface area contributed by atoms with Gasteiger partial charge in [-0.3, -0.25) is 4.79 Å². The predicted octanol–water partition coefficient (Wildman–Crippen LogP) is 3.21. The van der Waals surface area contributed by atoms with Crippen LogP contribution in [-0.2, 0) is 16.0 Å². The van der Waals surface area contributed by atoms with Crippen molar-refractivity contribution in [3.63, 3.8) is 0 Å². The van der Waals surface area contributed by atoms with Crippen LogP contribution in [0.1, 0.15) is 47.3 Å². The summed E-state index contributed by atoms with van der Waals surface area (Å²) < 4.78 is 5.13. The number of primary amides is 2. The minimum atomic E-state index is -0.763. The highest BCUT2D eigenvalue weighted by Crippen LogP contribution is 2.39. The Morgan fingerprint density at radius 3 is 2.47 bits per heavy atom. The van der Waals surface area contributed by atoms with Gasteiger partial charge in [-0.05, 0) is 30.0 Å². The number of pyridine rings is 1. The highest BCUT2D eigenvalue weighted by atomic mass is 32.2. The number of thioether (sulfide) groups is 1. The molecule has 1 aliphatic heterocycles.